The van der Waals surface area contributed by atoms with E-state index < -0.39 is 0 Å². The van der Waals surface area contributed by atoms with Crippen LogP contribution in [0.2, 0.25) is 0 Å². The van der Waals surface area contributed by atoms with Crippen molar-refractivity contribution < 1.29 is 4.74 Å². The number of hydrogen-bond donors (Lipinski definition) is 1. The molecule has 0 aliphatic heterocycles. The Morgan fingerprint density at radius 2 is 2.16 bits per heavy atom. The summed E-state index contributed by atoms with van der Waals surface area (Å²) in [4.78, 5) is 8.22. The number of halogens is 1. The molecule has 0 saturated carbocycles. The maximum Gasteiger partial charge on any atom is 0.146 e. The average molecular weight is 322 g/mol. The van der Waals surface area contributed by atoms with E-state index in [2.05, 4.69) is 38.1 Å². The van der Waals surface area contributed by atoms with E-state index in [9.17, 15) is 0 Å². The van der Waals surface area contributed by atoms with Crippen LogP contribution in [-0.2, 0) is 6.54 Å². The number of rotatable bonds is 6. The minimum Gasteiger partial charge on any atom is -0.455 e. The molecule has 0 aromatic carbocycles. The number of hydrogen-bond acceptors (Lipinski definition) is 4. The van der Waals surface area contributed by atoms with Crippen LogP contribution in [0.4, 0.5) is 0 Å². The molecule has 0 unspecified atom stereocenters. The highest BCUT2D eigenvalue weighted by molar-refractivity contribution is 9.10. The van der Waals surface area contributed by atoms with Gasteiger partial charge >= 0.3 is 0 Å². The number of nitrogens with zero attached hydrogens (tertiary/aromatic N) is 2. The lowest BCUT2D eigenvalue weighted by atomic mass is 10.2. The van der Waals surface area contributed by atoms with Crippen molar-refractivity contribution in [1.82, 2.24) is 15.3 Å². The molecular weight excluding hydrogens is 306 g/mol. The van der Waals surface area contributed by atoms with Crippen LogP contribution in [0.1, 0.15) is 18.9 Å². The van der Waals surface area contributed by atoms with E-state index in [1.165, 1.54) is 0 Å². The molecule has 1 N–H and O–H groups in total. The van der Waals surface area contributed by atoms with Crippen LogP contribution in [0.3, 0.4) is 0 Å². The molecule has 0 atom stereocenters. The minimum absolute atomic E-state index is 0.706. The smallest absolute Gasteiger partial charge is 0.146 e. The first kappa shape index (κ1) is 14.0. The Labute approximate surface area is 121 Å². The van der Waals surface area contributed by atoms with E-state index in [0.717, 1.165) is 35.3 Å². The first-order valence-corrected chi connectivity index (χ1v) is 7.01. The Morgan fingerprint density at radius 3 is 2.95 bits per heavy atom. The van der Waals surface area contributed by atoms with Crippen molar-refractivity contribution in [3.05, 3.63) is 47.0 Å². The van der Waals surface area contributed by atoms with Crippen molar-refractivity contribution in [2.45, 2.75) is 19.9 Å². The van der Waals surface area contributed by atoms with Gasteiger partial charge in [0.2, 0.25) is 0 Å². The van der Waals surface area contributed by atoms with Gasteiger partial charge in [-0.3, -0.25) is 9.97 Å². The largest absolute Gasteiger partial charge is 0.455 e. The van der Waals surface area contributed by atoms with Gasteiger partial charge in [-0.15, -0.1) is 0 Å². The van der Waals surface area contributed by atoms with E-state index in [1.807, 2.05) is 18.3 Å². The standard InChI is InChI=1S/C14H16BrN3O/c1-2-4-16-7-11-8-17-5-3-14(11)19-13-6-12(15)9-18-10-13/h3,5-6,8-10,16H,2,4,7H2,1H3. The molecule has 2 heterocycles. The van der Waals surface area contributed by atoms with Gasteiger partial charge in [0, 0.05) is 35.2 Å². The maximum absolute atomic E-state index is 5.85. The number of aromatic nitrogens is 2. The summed E-state index contributed by atoms with van der Waals surface area (Å²) in [5, 5.41) is 3.34. The molecule has 0 fully saturated rings. The predicted molar refractivity (Wildman–Crippen MR) is 78.2 cm³/mol. The van der Waals surface area contributed by atoms with Gasteiger partial charge in [-0.1, -0.05) is 6.92 Å². The van der Waals surface area contributed by atoms with E-state index in [0.29, 0.717) is 5.75 Å². The normalized spacial score (nSPS) is 10.4. The lowest BCUT2D eigenvalue weighted by Crippen LogP contribution is -2.14. The van der Waals surface area contributed by atoms with E-state index in [4.69, 9.17) is 4.74 Å². The summed E-state index contributed by atoms with van der Waals surface area (Å²) in [6.45, 7) is 3.87. The first-order chi connectivity index (χ1) is 9.29. The zero-order valence-corrected chi connectivity index (χ0v) is 12.4. The number of pyridine rings is 2. The Balaban J connectivity index is 2.11. The van der Waals surface area contributed by atoms with Gasteiger partial charge in [0.1, 0.15) is 11.5 Å². The van der Waals surface area contributed by atoms with E-state index in [-0.39, 0.29) is 0 Å². The molecule has 0 aliphatic carbocycles. The first-order valence-electron chi connectivity index (χ1n) is 6.21. The third-order valence-corrected chi connectivity index (χ3v) is 2.94. The maximum atomic E-state index is 5.85. The summed E-state index contributed by atoms with van der Waals surface area (Å²) in [6, 6.07) is 3.75. The highest BCUT2D eigenvalue weighted by atomic mass is 79.9. The van der Waals surface area contributed by atoms with Crippen molar-refractivity contribution in [3.63, 3.8) is 0 Å². The molecule has 19 heavy (non-hydrogen) atoms. The molecule has 4 nitrogen and oxygen atoms in total. The third kappa shape index (κ3) is 4.29. The Hall–Kier alpha value is -1.46. The summed E-state index contributed by atoms with van der Waals surface area (Å²) in [5.74, 6) is 1.51. The molecule has 0 aliphatic rings. The van der Waals surface area contributed by atoms with Crippen LogP contribution in [0.15, 0.2) is 41.4 Å². The molecule has 5 heteroatoms. The van der Waals surface area contributed by atoms with Gasteiger partial charge in [0.25, 0.3) is 0 Å². The van der Waals surface area contributed by atoms with Gasteiger partial charge in [-0.05, 0) is 41.0 Å². The van der Waals surface area contributed by atoms with Gasteiger partial charge in [0.15, 0.2) is 0 Å². The Morgan fingerprint density at radius 1 is 1.26 bits per heavy atom. The second-order valence-corrected chi connectivity index (χ2v) is 5.02. The van der Waals surface area contributed by atoms with Crippen LogP contribution < -0.4 is 10.1 Å². The fourth-order valence-electron chi connectivity index (χ4n) is 1.62. The zero-order chi connectivity index (χ0) is 13.5. The summed E-state index contributed by atoms with van der Waals surface area (Å²) >= 11 is 3.38. The van der Waals surface area contributed by atoms with Gasteiger partial charge in [0.05, 0.1) is 6.20 Å². The molecular formula is C14H16BrN3O. The lowest BCUT2D eigenvalue weighted by Gasteiger charge is -2.11. The SMILES string of the molecule is CCCNCc1cnccc1Oc1cncc(Br)c1. The van der Waals surface area contributed by atoms with E-state index >= 15 is 0 Å². The van der Waals surface area contributed by atoms with Crippen molar-refractivity contribution in [1.29, 1.82) is 0 Å². The molecule has 100 valence electrons. The quantitative estimate of drug-likeness (QED) is 0.827. The van der Waals surface area contributed by atoms with Gasteiger partial charge in [-0.2, -0.15) is 0 Å². The minimum atomic E-state index is 0.706. The van der Waals surface area contributed by atoms with Crippen molar-refractivity contribution >= 4 is 15.9 Å². The number of nitrogens with one attached hydrogen (secondary N) is 1. The van der Waals surface area contributed by atoms with Crippen LogP contribution in [0, 0.1) is 0 Å². The summed E-state index contributed by atoms with van der Waals surface area (Å²) in [7, 11) is 0. The third-order valence-electron chi connectivity index (χ3n) is 2.51. The number of ether oxygens (including phenoxy) is 1. The van der Waals surface area contributed by atoms with Crippen molar-refractivity contribution in [3.8, 4) is 11.5 Å². The molecule has 2 aromatic rings. The summed E-state index contributed by atoms with van der Waals surface area (Å²) in [6.07, 6.45) is 8.07. The Bertz CT molecular complexity index is 534. The molecule has 0 bridgehead atoms. The molecule has 0 radical (unpaired) electrons. The molecule has 2 rings (SSSR count). The monoisotopic (exact) mass is 321 g/mol. The van der Waals surface area contributed by atoms with Crippen molar-refractivity contribution in [2.75, 3.05) is 6.54 Å². The Kier molecular flexibility index (Phi) is 5.30. The summed E-state index contributed by atoms with van der Waals surface area (Å²) < 4.78 is 6.74. The van der Waals surface area contributed by atoms with Crippen molar-refractivity contribution in [2.24, 2.45) is 0 Å². The fourth-order valence-corrected chi connectivity index (χ4v) is 1.97. The molecule has 2 aromatic heterocycles. The fraction of sp³-hybridized carbons (Fsp3) is 0.286. The van der Waals surface area contributed by atoms with Gasteiger partial charge < -0.3 is 10.1 Å². The van der Waals surface area contributed by atoms with Crippen LogP contribution in [-0.4, -0.2) is 16.5 Å². The predicted octanol–water partition coefficient (Wildman–Crippen LogP) is 3.53. The van der Waals surface area contributed by atoms with Gasteiger partial charge in [-0.25, -0.2) is 0 Å². The highest BCUT2D eigenvalue weighted by Crippen LogP contribution is 2.25. The average Bonchev–Trinajstić information content (AvgIpc) is 2.41. The second-order valence-electron chi connectivity index (χ2n) is 4.10. The van der Waals surface area contributed by atoms with Crippen LogP contribution in [0.25, 0.3) is 0 Å². The van der Waals surface area contributed by atoms with Crippen LogP contribution >= 0.6 is 15.9 Å². The molecule has 0 saturated heterocycles. The molecule has 0 amide bonds. The van der Waals surface area contributed by atoms with E-state index in [1.54, 1.807) is 18.6 Å². The second kappa shape index (κ2) is 7.21. The molecule has 0 spiro atoms. The topological polar surface area (TPSA) is 47.0 Å². The van der Waals surface area contributed by atoms with Crippen LogP contribution in [0.5, 0.6) is 11.5 Å². The summed E-state index contributed by atoms with van der Waals surface area (Å²) in [5.41, 5.74) is 1.04. The highest BCUT2D eigenvalue weighted by Gasteiger charge is 2.05. The zero-order valence-electron chi connectivity index (χ0n) is 10.8. The lowest BCUT2D eigenvalue weighted by molar-refractivity contribution is 0.469.